The first-order valence-corrected chi connectivity index (χ1v) is 5.39. The lowest BCUT2D eigenvalue weighted by molar-refractivity contribution is -0.135. The van der Waals surface area contributed by atoms with Crippen molar-refractivity contribution in [2.24, 2.45) is 11.7 Å². The van der Waals surface area contributed by atoms with E-state index in [1.54, 1.807) is 31.2 Å². The van der Waals surface area contributed by atoms with Gasteiger partial charge >= 0.3 is 0 Å². The molecule has 0 aliphatic rings. The van der Waals surface area contributed by atoms with E-state index in [0.717, 1.165) is 0 Å². The van der Waals surface area contributed by atoms with Gasteiger partial charge in [0.15, 0.2) is 0 Å². The van der Waals surface area contributed by atoms with Gasteiger partial charge in [0.1, 0.15) is 5.92 Å². The highest BCUT2D eigenvalue weighted by Crippen LogP contribution is 2.12. The Hall–Kier alpha value is -1.88. The zero-order valence-corrected chi connectivity index (χ0v) is 9.59. The van der Waals surface area contributed by atoms with Crippen LogP contribution in [0.15, 0.2) is 30.3 Å². The van der Waals surface area contributed by atoms with E-state index in [2.05, 4.69) is 5.32 Å². The van der Waals surface area contributed by atoms with Crippen LogP contribution in [0.1, 0.15) is 13.3 Å². The smallest absolute Gasteiger partial charge is 0.239 e. The molecule has 5 heteroatoms. The highest BCUT2D eigenvalue weighted by Gasteiger charge is 2.30. The van der Waals surface area contributed by atoms with Crippen LogP contribution in [0.2, 0.25) is 0 Å². The third kappa shape index (κ3) is 3.57. The number of carbonyl (C=O) groups is 2. The van der Waals surface area contributed by atoms with Crippen molar-refractivity contribution in [1.29, 1.82) is 0 Å². The van der Waals surface area contributed by atoms with Crippen LogP contribution in [0, 0.1) is 5.92 Å². The second-order valence-electron chi connectivity index (χ2n) is 3.71. The van der Waals surface area contributed by atoms with Gasteiger partial charge in [0.05, 0.1) is 6.10 Å². The fraction of sp³-hybridized carbons (Fsp3) is 0.333. The average Bonchev–Trinajstić information content (AvgIpc) is 2.29. The SMILES string of the molecule is CCC(O)C(C(N)=O)C(=O)Nc1ccccc1. The molecule has 1 aromatic rings. The molecule has 0 spiro atoms. The summed E-state index contributed by atoms with van der Waals surface area (Å²) in [4.78, 5) is 22.9. The normalized spacial score (nSPS) is 13.8. The minimum atomic E-state index is -1.22. The first kappa shape index (κ1) is 13.2. The molecular formula is C12H16N2O3. The van der Waals surface area contributed by atoms with E-state index < -0.39 is 23.8 Å². The Balaban J connectivity index is 2.76. The Bertz CT molecular complexity index is 392. The zero-order chi connectivity index (χ0) is 12.8. The molecule has 5 nitrogen and oxygen atoms in total. The molecule has 0 heterocycles. The summed E-state index contributed by atoms with van der Waals surface area (Å²) in [6.45, 7) is 1.68. The minimum Gasteiger partial charge on any atom is -0.392 e. The van der Waals surface area contributed by atoms with Crippen molar-refractivity contribution in [1.82, 2.24) is 0 Å². The molecule has 0 aliphatic carbocycles. The summed E-state index contributed by atoms with van der Waals surface area (Å²) < 4.78 is 0. The number of carbonyl (C=O) groups excluding carboxylic acids is 2. The van der Waals surface area contributed by atoms with E-state index in [4.69, 9.17) is 5.73 Å². The Morgan fingerprint density at radius 3 is 2.41 bits per heavy atom. The Morgan fingerprint density at radius 2 is 1.94 bits per heavy atom. The van der Waals surface area contributed by atoms with Gasteiger partial charge < -0.3 is 16.2 Å². The summed E-state index contributed by atoms with van der Waals surface area (Å²) in [5, 5.41) is 12.1. The number of primary amides is 1. The molecule has 92 valence electrons. The predicted octanol–water partition coefficient (Wildman–Crippen LogP) is 0.497. The largest absolute Gasteiger partial charge is 0.392 e. The van der Waals surface area contributed by atoms with Crippen LogP contribution in [0.4, 0.5) is 5.69 Å². The molecule has 1 aromatic carbocycles. The number of nitrogens with two attached hydrogens (primary N) is 1. The van der Waals surface area contributed by atoms with E-state index in [1.807, 2.05) is 6.07 Å². The number of nitrogens with one attached hydrogen (secondary N) is 1. The van der Waals surface area contributed by atoms with Gasteiger partial charge in [0.25, 0.3) is 0 Å². The van der Waals surface area contributed by atoms with Gasteiger partial charge in [-0.05, 0) is 18.6 Å². The molecule has 0 bridgehead atoms. The topological polar surface area (TPSA) is 92.4 Å². The Labute approximate surface area is 99.6 Å². The van der Waals surface area contributed by atoms with Crippen LogP contribution in [-0.2, 0) is 9.59 Å². The predicted molar refractivity (Wildman–Crippen MR) is 64.1 cm³/mol. The molecule has 17 heavy (non-hydrogen) atoms. The fourth-order valence-corrected chi connectivity index (χ4v) is 1.47. The number of benzene rings is 1. The number of aliphatic hydroxyl groups excluding tert-OH is 1. The van der Waals surface area contributed by atoms with Crippen molar-refractivity contribution < 1.29 is 14.7 Å². The van der Waals surface area contributed by atoms with Crippen molar-refractivity contribution in [3.63, 3.8) is 0 Å². The molecule has 0 aliphatic heterocycles. The second-order valence-corrected chi connectivity index (χ2v) is 3.71. The maximum absolute atomic E-state index is 11.8. The average molecular weight is 236 g/mol. The maximum atomic E-state index is 11.8. The number of para-hydroxylation sites is 1. The number of rotatable bonds is 5. The number of anilines is 1. The van der Waals surface area contributed by atoms with E-state index in [-0.39, 0.29) is 6.42 Å². The Morgan fingerprint density at radius 1 is 1.35 bits per heavy atom. The van der Waals surface area contributed by atoms with Gasteiger partial charge in [-0.2, -0.15) is 0 Å². The van der Waals surface area contributed by atoms with E-state index >= 15 is 0 Å². The minimum absolute atomic E-state index is 0.288. The summed E-state index contributed by atoms with van der Waals surface area (Å²) in [5.41, 5.74) is 5.67. The molecule has 2 atom stereocenters. The molecule has 0 radical (unpaired) electrons. The highest BCUT2D eigenvalue weighted by atomic mass is 16.3. The van der Waals surface area contributed by atoms with Gasteiger partial charge in [0.2, 0.25) is 11.8 Å². The third-order valence-electron chi connectivity index (χ3n) is 2.43. The lowest BCUT2D eigenvalue weighted by Gasteiger charge is -2.18. The van der Waals surface area contributed by atoms with E-state index in [1.165, 1.54) is 0 Å². The van der Waals surface area contributed by atoms with Crippen LogP contribution in [0.25, 0.3) is 0 Å². The van der Waals surface area contributed by atoms with Crippen LogP contribution < -0.4 is 11.1 Å². The lowest BCUT2D eigenvalue weighted by atomic mass is 9.98. The monoisotopic (exact) mass is 236 g/mol. The summed E-state index contributed by atoms with van der Waals surface area (Å²) in [5.74, 6) is -2.63. The number of aliphatic hydroxyl groups is 1. The third-order valence-corrected chi connectivity index (χ3v) is 2.43. The van der Waals surface area contributed by atoms with Gasteiger partial charge in [-0.1, -0.05) is 25.1 Å². The van der Waals surface area contributed by atoms with Crippen LogP contribution in [-0.4, -0.2) is 23.0 Å². The summed E-state index contributed by atoms with van der Waals surface area (Å²) in [7, 11) is 0. The molecule has 4 N–H and O–H groups in total. The zero-order valence-electron chi connectivity index (χ0n) is 9.59. The lowest BCUT2D eigenvalue weighted by Crippen LogP contribution is -2.42. The molecule has 0 aromatic heterocycles. The van der Waals surface area contributed by atoms with Crippen LogP contribution in [0.5, 0.6) is 0 Å². The quantitative estimate of drug-likeness (QED) is 0.650. The molecule has 2 unspecified atom stereocenters. The summed E-state index contributed by atoms with van der Waals surface area (Å²) >= 11 is 0. The van der Waals surface area contributed by atoms with Gasteiger partial charge in [-0.15, -0.1) is 0 Å². The molecule has 0 fully saturated rings. The number of amides is 2. The molecular weight excluding hydrogens is 220 g/mol. The van der Waals surface area contributed by atoms with E-state index in [9.17, 15) is 14.7 Å². The van der Waals surface area contributed by atoms with Gasteiger partial charge in [-0.25, -0.2) is 0 Å². The highest BCUT2D eigenvalue weighted by molar-refractivity contribution is 6.06. The Kier molecular flexibility index (Phi) is 4.66. The summed E-state index contributed by atoms with van der Waals surface area (Å²) in [6, 6.07) is 8.70. The summed E-state index contributed by atoms with van der Waals surface area (Å²) in [6.07, 6.45) is -0.772. The van der Waals surface area contributed by atoms with Crippen molar-refractivity contribution in [2.75, 3.05) is 5.32 Å². The molecule has 1 rings (SSSR count). The maximum Gasteiger partial charge on any atom is 0.239 e. The standard InChI is InChI=1S/C12H16N2O3/c1-2-9(15)10(11(13)16)12(17)14-8-6-4-3-5-7-8/h3-7,9-10,15H,2H2,1H3,(H2,13,16)(H,14,17). The number of hydrogen-bond donors (Lipinski definition) is 3. The van der Waals surface area contributed by atoms with Crippen LogP contribution in [0.3, 0.4) is 0 Å². The van der Waals surface area contributed by atoms with Crippen molar-refractivity contribution >= 4 is 17.5 Å². The van der Waals surface area contributed by atoms with Crippen LogP contribution >= 0.6 is 0 Å². The van der Waals surface area contributed by atoms with Gasteiger partial charge in [0, 0.05) is 5.69 Å². The van der Waals surface area contributed by atoms with Gasteiger partial charge in [-0.3, -0.25) is 9.59 Å². The molecule has 2 amide bonds. The van der Waals surface area contributed by atoms with Crippen molar-refractivity contribution in [2.45, 2.75) is 19.4 Å². The number of hydrogen-bond acceptors (Lipinski definition) is 3. The molecule has 0 saturated carbocycles. The molecule has 0 saturated heterocycles. The second kappa shape index (κ2) is 6.00. The fourth-order valence-electron chi connectivity index (χ4n) is 1.47. The van der Waals surface area contributed by atoms with Crippen molar-refractivity contribution in [3.05, 3.63) is 30.3 Å². The first-order valence-electron chi connectivity index (χ1n) is 5.39. The first-order chi connectivity index (χ1) is 8.06. The van der Waals surface area contributed by atoms with E-state index in [0.29, 0.717) is 5.69 Å². The van der Waals surface area contributed by atoms with Crippen molar-refractivity contribution in [3.8, 4) is 0 Å².